The summed E-state index contributed by atoms with van der Waals surface area (Å²) in [6.07, 6.45) is 2.12. The first-order valence-electron chi connectivity index (χ1n) is 5.01. The standard InChI is InChI=1S/C10H21NO/c1-8(2)6-10(12)7-11-5-4-9(11)3/h8-10,12H,4-7H2,1-3H3. The molecule has 0 spiro atoms. The van der Waals surface area contributed by atoms with Crippen molar-refractivity contribution in [2.75, 3.05) is 13.1 Å². The molecule has 1 N–H and O–H groups in total. The molecule has 0 aromatic rings. The number of hydrogen-bond donors (Lipinski definition) is 1. The number of nitrogens with zero attached hydrogens (tertiary/aromatic N) is 1. The molecule has 0 amide bonds. The van der Waals surface area contributed by atoms with Crippen molar-refractivity contribution in [3.63, 3.8) is 0 Å². The lowest BCUT2D eigenvalue weighted by atomic mass is 10.0. The van der Waals surface area contributed by atoms with E-state index in [2.05, 4.69) is 25.7 Å². The van der Waals surface area contributed by atoms with Gasteiger partial charge in [-0.1, -0.05) is 13.8 Å². The van der Waals surface area contributed by atoms with Crippen molar-refractivity contribution in [3.8, 4) is 0 Å². The van der Waals surface area contributed by atoms with Gasteiger partial charge in [0.1, 0.15) is 0 Å². The number of aliphatic hydroxyl groups is 1. The van der Waals surface area contributed by atoms with E-state index in [9.17, 15) is 5.11 Å². The molecule has 0 bridgehead atoms. The van der Waals surface area contributed by atoms with Crippen LogP contribution in [0.2, 0.25) is 0 Å². The smallest absolute Gasteiger partial charge is 0.0669 e. The molecule has 2 atom stereocenters. The molecule has 1 aliphatic rings. The third-order valence-electron chi connectivity index (χ3n) is 2.65. The van der Waals surface area contributed by atoms with Gasteiger partial charge < -0.3 is 5.11 Å². The summed E-state index contributed by atoms with van der Waals surface area (Å²) >= 11 is 0. The fourth-order valence-electron chi connectivity index (χ4n) is 1.73. The second-order valence-electron chi connectivity index (χ2n) is 4.42. The lowest BCUT2D eigenvalue weighted by Crippen LogP contribution is -2.49. The molecule has 1 saturated heterocycles. The molecule has 12 heavy (non-hydrogen) atoms. The second-order valence-corrected chi connectivity index (χ2v) is 4.42. The van der Waals surface area contributed by atoms with Gasteiger partial charge in [0.25, 0.3) is 0 Å². The summed E-state index contributed by atoms with van der Waals surface area (Å²) in [5.41, 5.74) is 0. The normalized spacial score (nSPS) is 27.2. The number of likely N-dealkylation sites (tertiary alicyclic amines) is 1. The highest BCUT2D eigenvalue weighted by Crippen LogP contribution is 2.17. The summed E-state index contributed by atoms with van der Waals surface area (Å²) in [6, 6.07) is 0.701. The minimum Gasteiger partial charge on any atom is -0.392 e. The summed E-state index contributed by atoms with van der Waals surface area (Å²) in [5.74, 6) is 0.608. The number of hydrogen-bond acceptors (Lipinski definition) is 2. The fourth-order valence-corrected chi connectivity index (χ4v) is 1.73. The third kappa shape index (κ3) is 2.76. The zero-order valence-electron chi connectivity index (χ0n) is 8.45. The molecule has 0 saturated carbocycles. The first-order chi connectivity index (χ1) is 5.59. The van der Waals surface area contributed by atoms with E-state index in [-0.39, 0.29) is 6.10 Å². The van der Waals surface area contributed by atoms with E-state index in [1.165, 1.54) is 13.0 Å². The fraction of sp³-hybridized carbons (Fsp3) is 1.00. The Morgan fingerprint density at radius 3 is 2.50 bits per heavy atom. The van der Waals surface area contributed by atoms with Crippen molar-refractivity contribution in [3.05, 3.63) is 0 Å². The molecule has 2 nitrogen and oxygen atoms in total. The van der Waals surface area contributed by atoms with E-state index in [0.29, 0.717) is 12.0 Å². The minimum atomic E-state index is -0.118. The maximum atomic E-state index is 9.63. The average molecular weight is 171 g/mol. The summed E-state index contributed by atoms with van der Waals surface area (Å²) < 4.78 is 0. The van der Waals surface area contributed by atoms with Gasteiger partial charge in [-0.25, -0.2) is 0 Å². The SMILES string of the molecule is CC(C)CC(O)CN1CCC1C. The first-order valence-corrected chi connectivity index (χ1v) is 5.01. The van der Waals surface area contributed by atoms with Crippen molar-refractivity contribution in [2.45, 2.75) is 45.8 Å². The van der Waals surface area contributed by atoms with Gasteiger partial charge in [0.05, 0.1) is 6.10 Å². The van der Waals surface area contributed by atoms with E-state index in [0.717, 1.165) is 13.0 Å². The van der Waals surface area contributed by atoms with Crippen LogP contribution in [-0.2, 0) is 0 Å². The van der Waals surface area contributed by atoms with Gasteiger partial charge in [0.2, 0.25) is 0 Å². The molecule has 1 rings (SSSR count). The molecule has 1 aliphatic heterocycles. The van der Waals surface area contributed by atoms with Crippen LogP contribution in [-0.4, -0.2) is 35.2 Å². The summed E-state index contributed by atoms with van der Waals surface area (Å²) in [4.78, 5) is 2.35. The maximum absolute atomic E-state index is 9.63. The molecular formula is C10H21NO. The van der Waals surface area contributed by atoms with E-state index >= 15 is 0 Å². The molecule has 1 heterocycles. The molecule has 0 aromatic carbocycles. The second kappa shape index (κ2) is 4.24. The molecule has 2 unspecified atom stereocenters. The van der Waals surface area contributed by atoms with Crippen LogP contribution >= 0.6 is 0 Å². The van der Waals surface area contributed by atoms with E-state index < -0.39 is 0 Å². The molecule has 1 fully saturated rings. The Balaban J connectivity index is 2.13. The molecule has 0 aliphatic carbocycles. The minimum absolute atomic E-state index is 0.118. The van der Waals surface area contributed by atoms with Gasteiger partial charge in [-0.3, -0.25) is 4.90 Å². The Kier molecular flexibility index (Phi) is 3.53. The molecule has 0 radical (unpaired) electrons. The van der Waals surface area contributed by atoms with Gasteiger partial charge >= 0.3 is 0 Å². The largest absolute Gasteiger partial charge is 0.392 e. The Bertz CT molecular complexity index is 136. The average Bonchev–Trinajstić information content (AvgIpc) is 1.96. The summed E-state index contributed by atoms with van der Waals surface area (Å²) in [6.45, 7) is 8.59. The van der Waals surface area contributed by atoms with Crippen LogP contribution in [0.4, 0.5) is 0 Å². The lowest BCUT2D eigenvalue weighted by Gasteiger charge is -2.40. The van der Waals surface area contributed by atoms with Crippen molar-refractivity contribution in [1.82, 2.24) is 4.90 Å². The maximum Gasteiger partial charge on any atom is 0.0669 e. The van der Waals surface area contributed by atoms with Gasteiger partial charge in [0.15, 0.2) is 0 Å². The number of aliphatic hydroxyl groups excluding tert-OH is 1. The highest BCUT2D eigenvalue weighted by Gasteiger charge is 2.25. The van der Waals surface area contributed by atoms with Gasteiger partial charge in [0, 0.05) is 12.6 Å². The van der Waals surface area contributed by atoms with Gasteiger partial charge in [-0.2, -0.15) is 0 Å². The molecule has 2 heteroatoms. The van der Waals surface area contributed by atoms with Gasteiger partial charge in [-0.05, 0) is 32.2 Å². The van der Waals surface area contributed by atoms with Crippen LogP contribution in [0.15, 0.2) is 0 Å². The van der Waals surface area contributed by atoms with E-state index in [1.54, 1.807) is 0 Å². The molecular weight excluding hydrogens is 150 g/mol. The third-order valence-corrected chi connectivity index (χ3v) is 2.65. The predicted molar refractivity (Wildman–Crippen MR) is 51.1 cm³/mol. The quantitative estimate of drug-likeness (QED) is 0.692. The van der Waals surface area contributed by atoms with Crippen LogP contribution in [0.25, 0.3) is 0 Å². The first kappa shape index (κ1) is 10.0. The zero-order chi connectivity index (χ0) is 9.14. The Hall–Kier alpha value is -0.0800. The van der Waals surface area contributed by atoms with Gasteiger partial charge in [-0.15, -0.1) is 0 Å². The predicted octanol–water partition coefficient (Wildman–Crippen LogP) is 1.49. The highest BCUT2D eigenvalue weighted by molar-refractivity contribution is 4.80. The van der Waals surface area contributed by atoms with Crippen LogP contribution < -0.4 is 0 Å². The topological polar surface area (TPSA) is 23.5 Å². The monoisotopic (exact) mass is 171 g/mol. The van der Waals surface area contributed by atoms with E-state index in [4.69, 9.17) is 0 Å². The van der Waals surface area contributed by atoms with Crippen LogP contribution in [0, 0.1) is 5.92 Å². The van der Waals surface area contributed by atoms with Crippen molar-refractivity contribution in [1.29, 1.82) is 0 Å². The number of rotatable bonds is 4. The van der Waals surface area contributed by atoms with Crippen LogP contribution in [0.5, 0.6) is 0 Å². The van der Waals surface area contributed by atoms with Crippen LogP contribution in [0.1, 0.15) is 33.6 Å². The Labute approximate surface area is 75.6 Å². The van der Waals surface area contributed by atoms with Crippen molar-refractivity contribution < 1.29 is 5.11 Å². The molecule has 72 valence electrons. The molecule has 0 aromatic heterocycles. The Morgan fingerprint density at radius 1 is 1.50 bits per heavy atom. The highest BCUT2D eigenvalue weighted by atomic mass is 16.3. The van der Waals surface area contributed by atoms with Crippen molar-refractivity contribution >= 4 is 0 Å². The zero-order valence-corrected chi connectivity index (χ0v) is 8.45. The summed E-state index contributed by atoms with van der Waals surface area (Å²) in [5, 5.41) is 9.63. The number of β-amino-alcohol motifs (C(OH)–C–C–N with tert-alkyl or cyclic N) is 1. The van der Waals surface area contributed by atoms with Crippen LogP contribution in [0.3, 0.4) is 0 Å². The van der Waals surface area contributed by atoms with Crippen molar-refractivity contribution in [2.24, 2.45) is 5.92 Å². The van der Waals surface area contributed by atoms with E-state index in [1.807, 2.05) is 0 Å². The summed E-state index contributed by atoms with van der Waals surface area (Å²) in [7, 11) is 0. The Morgan fingerprint density at radius 2 is 2.17 bits per heavy atom. The lowest BCUT2D eigenvalue weighted by molar-refractivity contribution is 0.0311.